The molecule has 1 amide bonds. The largest absolute Gasteiger partial charge is 0.497 e. The lowest BCUT2D eigenvalue weighted by atomic mass is 10.1. The van der Waals surface area contributed by atoms with Gasteiger partial charge in [-0.25, -0.2) is 9.78 Å². The van der Waals surface area contributed by atoms with Crippen LogP contribution in [-0.2, 0) is 4.74 Å². The number of aromatic nitrogens is 3. The first-order valence-corrected chi connectivity index (χ1v) is 11.6. The second kappa shape index (κ2) is 10.2. The van der Waals surface area contributed by atoms with Crippen LogP contribution in [0.3, 0.4) is 0 Å². The van der Waals surface area contributed by atoms with Crippen LogP contribution in [0.1, 0.15) is 27.7 Å². The van der Waals surface area contributed by atoms with Crippen LogP contribution in [-0.4, -0.2) is 64.3 Å². The number of anilines is 1. The predicted octanol–water partition coefficient (Wildman–Crippen LogP) is 4.79. The molecule has 35 heavy (non-hydrogen) atoms. The summed E-state index contributed by atoms with van der Waals surface area (Å²) < 4.78 is 17.1. The van der Waals surface area contributed by atoms with Crippen LogP contribution in [0.4, 0.5) is 10.5 Å². The minimum atomic E-state index is -0.538. The van der Waals surface area contributed by atoms with Crippen LogP contribution in [0, 0.1) is 0 Å². The van der Waals surface area contributed by atoms with E-state index in [-0.39, 0.29) is 12.1 Å². The number of methoxy groups -OCH3 is 1. The molecular weight excluding hydrogens is 446 g/mol. The van der Waals surface area contributed by atoms with Crippen molar-refractivity contribution in [2.24, 2.45) is 0 Å². The molecule has 1 aliphatic rings. The second-order valence-electron chi connectivity index (χ2n) is 9.37. The zero-order valence-corrected chi connectivity index (χ0v) is 20.8. The summed E-state index contributed by atoms with van der Waals surface area (Å²) in [5.41, 5.74) is 1.01. The van der Waals surface area contributed by atoms with E-state index in [1.54, 1.807) is 30.6 Å². The maximum atomic E-state index is 12.6. The highest BCUT2D eigenvalue weighted by molar-refractivity contribution is 5.69. The highest BCUT2D eigenvalue weighted by Crippen LogP contribution is 2.34. The molecule has 1 aromatic carbocycles. The van der Waals surface area contributed by atoms with Crippen molar-refractivity contribution in [2.45, 2.75) is 39.3 Å². The molecule has 1 fully saturated rings. The molecule has 1 unspecified atom stereocenters. The van der Waals surface area contributed by atoms with Crippen LogP contribution in [0.25, 0.3) is 11.4 Å². The number of hydrogen-bond donors (Lipinski definition) is 0. The fourth-order valence-electron chi connectivity index (χ4n) is 3.81. The predicted molar refractivity (Wildman–Crippen MR) is 133 cm³/mol. The van der Waals surface area contributed by atoms with E-state index < -0.39 is 5.60 Å². The summed E-state index contributed by atoms with van der Waals surface area (Å²) in [6.07, 6.45) is 4.89. The Bertz CT molecular complexity index is 1150. The van der Waals surface area contributed by atoms with Crippen molar-refractivity contribution in [1.29, 1.82) is 0 Å². The van der Waals surface area contributed by atoms with Crippen LogP contribution < -0.4 is 14.4 Å². The second-order valence-corrected chi connectivity index (χ2v) is 9.37. The first-order chi connectivity index (χ1) is 16.7. The topological polar surface area (TPSA) is 89.9 Å². The standard InChI is InChI=1S/C26H31N5O4/c1-18-17-30(13-14-31(18)25(32)35-26(2,3)4)22-16-28-23(19-7-6-12-27-15-19)29-24(22)34-21-10-8-20(33-5)9-11-21/h6-12,15-16,18H,13-14,17H2,1-5H3. The number of hydrogen-bond acceptors (Lipinski definition) is 8. The van der Waals surface area contributed by atoms with E-state index in [1.807, 2.05) is 64.1 Å². The molecular formula is C26H31N5O4. The number of pyridine rings is 1. The van der Waals surface area contributed by atoms with E-state index in [1.165, 1.54) is 0 Å². The van der Waals surface area contributed by atoms with E-state index >= 15 is 0 Å². The summed E-state index contributed by atoms with van der Waals surface area (Å²) in [7, 11) is 1.62. The van der Waals surface area contributed by atoms with Gasteiger partial charge in [-0.15, -0.1) is 0 Å². The normalized spacial score (nSPS) is 16.1. The van der Waals surface area contributed by atoms with Crippen LogP contribution >= 0.6 is 0 Å². The highest BCUT2D eigenvalue weighted by Gasteiger charge is 2.32. The molecule has 2 aromatic heterocycles. The third-order valence-corrected chi connectivity index (χ3v) is 5.53. The van der Waals surface area contributed by atoms with E-state index in [0.29, 0.717) is 37.1 Å². The van der Waals surface area contributed by atoms with E-state index in [4.69, 9.17) is 19.2 Å². The Morgan fingerprint density at radius 2 is 1.80 bits per heavy atom. The van der Waals surface area contributed by atoms with Crippen molar-refractivity contribution in [3.63, 3.8) is 0 Å². The Morgan fingerprint density at radius 3 is 2.43 bits per heavy atom. The van der Waals surface area contributed by atoms with Gasteiger partial charge >= 0.3 is 6.09 Å². The Labute approximate surface area is 205 Å². The first kappa shape index (κ1) is 24.3. The van der Waals surface area contributed by atoms with E-state index in [2.05, 4.69) is 14.9 Å². The molecule has 0 aliphatic carbocycles. The third-order valence-electron chi connectivity index (χ3n) is 5.53. The molecule has 0 saturated carbocycles. The summed E-state index contributed by atoms with van der Waals surface area (Å²) in [4.78, 5) is 30.0. The summed E-state index contributed by atoms with van der Waals surface area (Å²) >= 11 is 0. The average molecular weight is 478 g/mol. The molecule has 0 radical (unpaired) electrons. The highest BCUT2D eigenvalue weighted by atomic mass is 16.6. The molecule has 3 heterocycles. The van der Waals surface area contributed by atoms with Gasteiger partial charge in [-0.3, -0.25) is 4.98 Å². The molecule has 0 spiro atoms. The Balaban J connectivity index is 1.60. The monoisotopic (exact) mass is 477 g/mol. The fourth-order valence-corrected chi connectivity index (χ4v) is 3.81. The van der Waals surface area contributed by atoms with Crippen molar-refractivity contribution in [2.75, 3.05) is 31.6 Å². The number of nitrogens with zero attached hydrogens (tertiary/aromatic N) is 5. The molecule has 4 rings (SSSR count). The molecule has 1 saturated heterocycles. The summed E-state index contributed by atoms with van der Waals surface area (Å²) in [6, 6.07) is 11.0. The molecule has 184 valence electrons. The number of benzene rings is 1. The van der Waals surface area contributed by atoms with Crippen LogP contribution in [0.5, 0.6) is 17.4 Å². The SMILES string of the molecule is COc1ccc(Oc2nc(-c3cccnc3)ncc2N2CCN(C(=O)OC(C)(C)C)C(C)C2)cc1. The minimum absolute atomic E-state index is 0.0644. The van der Waals surface area contributed by atoms with Crippen molar-refractivity contribution in [3.8, 4) is 28.8 Å². The fraction of sp³-hybridized carbons (Fsp3) is 0.385. The molecule has 3 aromatic rings. The summed E-state index contributed by atoms with van der Waals surface area (Å²) in [5.74, 6) is 2.32. The molecule has 0 bridgehead atoms. The smallest absolute Gasteiger partial charge is 0.410 e. The van der Waals surface area contributed by atoms with Gasteiger partial charge in [0.05, 0.1) is 13.3 Å². The van der Waals surface area contributed by atoms with Crippen molar-refractivity contribution in [3.05, 3.63) is 55.0 Å². The molecule has 9 heteroatoms. The lowest BCUT2D eigenvalue weighted by Gasteiger charge is -2.41. The summed E-state index contributed by atoms with van der Waals surface area (Å²) in [5, 5.41) is 0. The molecule has 9 nitrogen and oxygen atoms in total. The quantitative estimate of drug-likeness (QED) is 0.518. The zero-order valence-electron chi connectivity index (χ0n) is 20.8. The van der Waals surface area contributed by atoms with Crippen LogP contribution in [0.2, 0.25) is 0 Å². The number of amides is 1. The molecule has 1 atom stereocenters. The molecule has 0 N–H and O–H groups in total. The Kier molecular flexibility index (Phi) is 7.04. The van der Waals surface area contributed by atoms with Gasteiger partial charge < -0.3 is 24.0 Å². The van der Waals surface area contributed by atoms with Gasteiger partial charge in [-0.05, 0) is 64.1 Å². The van der Waals surface area contributed by atoms with Gasteiger partial charge in [0.1, 0.15) is 22.8 Å². The van der Waals surface area contributed by atoms with Gasteiger partial charge in [-0.1, -0.05) is 0 Å². The summed E-state index contributed by atoms with van der Waals surface area (Å²) in [6.45, 7) is 9.32. The number of carbonyl (C=O) groups excluding carboxylic acids is 1. The maximum Gasteiger partial charge on any atom is 0.410 e. The number of carbonyl (C=O) groups is 1. The van der Waals surface area contributed by atoms with E-state index in [0.717, 1.165) is 17.0 Å². The average Bonchev–Trinajstić information content (AvgIpc) is 2.84. The first-order valence-electron chi connectivity index (χ1n) is 11.6. The Hall–Kier alpha value is -3.88. The molecule has 1 aliphatic heterocycles. The van der Waals surface area contributed by atoms with Gasteiger partial charge in [0.25, 0.3) is 0 Å². The lowest BCUT2D eigenvalue weighted by molar-refractivity contribution is 0.0159. The third kappa shape index (κ3) is 5.98. The van der Waals surface area contributed by atoms with Gasteiger partial charge in [0.15, 0.2) is 5.82 Å². The van der Waals surface area contributed by atoms with Crippen molar-refractivity contribution in [1.82, 2.24) is 19.9 Å². The number of piperazine rings is 1. The Morgan fingerprint density at radius 1 is 1.06 bits per heavy atom. The van der Waals surface area contributed by atoms with Crippen molar-refractivity contribution >= 4 is 11.8 Å². The zero-order chi connectivity index (χ0) is 25.0. The lowest BCUT2D eigenvalue weighted by Crippen LogP contribution is -2.55. The maximum absolute atomic E-state index is 12.6. The van der Waals surface area contributed by atoms with Gasteiger partial charge in [0.2, 0.25) is 5.88 Å². The number of rotatable bonds is 5. The van der Waals surface area contributed by atoms with Gasteiger partial charge in [-0.2, -0.15) is 4.98 Å². The minimum Gasteiger partial charge on any atom is -0.497 e. The van der Waals surface area contributed by atoms with Crippen molar-refractivity contribution < 1.29 is 19.0 Å². The van der Waals surface area contributed by atoms with Gasteiger partial charge in [0, 0.05) is 43.6 Å². The number of ether oxygens (including phenoxy) is 3. The van der Waals surface area contributed by atoms with E-state index in [9.17, 15) is 4.79 Å². The van der Waals surface area contributed by atoms with Crippen LogP contribution in [0.15, 0.2) is 55.0 Å².